The van der Waals surface area contributed by atoms with Crippen molar-refractivity contribution in [3.8, 4) is 0 Å². The van der Waals surface area contributed by atoms with Crippen LogP contribution in [-0.4, -0.2) is 35.4 Å². The minimum Gasteiger partial charge on any atom is -0.480 e. The highest BCUT2D eigenvalue weighted by molar-refractivity contribution is 5.90. The highest BCUT2D eigenvalue weighted by Crippen LogP contribution is 2.31. The van der Waals surface area contributed by atoms with Crippen LogP contribution in [0.2, 0.25) is 0 Å². The zero-order chi connectivity index (χ0) is 17.2. The van der Waals surface area contributed by atoms with Crippen LogP contribution in [0.3, 0.4) is 0 Å². The van der Waals surface area contributed by atoms with E-state index in [1.165, 1.54) is 0 Å². The van der Waals surface area contributed by atoms with Crippen LogP contribution in [0.25, 0.3) is 0 Å². The molecule has 0 saturated carbocycles. The largest absolute Gasteiger partial charge is 0.480 e. The Labute approximate surface area is 136 Å². The molecule has 2 rings (SSSR count). The van der Waals surface area contributed by atoms with E-state index in [-0.39, 0.29) is 6.09 Å². The number of amides is 1. The third-order valence-electron chi connectivity index (χ3n) is 3.57. The molecule has 1 aromatic rings. The molecule has 1 heterocycles. The van der Waals surface area contributed by atoms with Crippen LogP contribution < -0.4 is 10.2 Å². The highest BCUT2D eigenvalue weighted by Gasteiger charge is 2.27. The molecule has 0 bridgehead atoms. The Hall–Kier alpha value is -2.24. The number of benzene rings is 1. The summed E-state index contributed by atoms with van der Waals surface area (Å²) in [5.74, 6) is -0.924. The predicted molar refractivity (Wildman–Crippen MR) is 89.1 cm³/mol. The van der Waals surface area contributed by atoms with Gasteiger partial charge in [0.15, 0.2) is 0 Å². The maximum atomic E-state index is 12.4. The molecule has 1 aliphatic heterocycles. The Balaban J connectivity index is 2.25. The van der Waals surface area contributed by atoms with E-state index in [1.807, 2.05) is 39.0 Å². The lowest BCUT2D eigenvalue weighted by molar-refractivity contribution is -0.137. The molecule has 1 aliphatic rings. The molecule has 2 N–H and O–H groups in total. The molecule has 6 nitrogen and oxygen atoms in total. The maximum Gasteiger partial charge on any atom is 0.414 e. The van der Waals surface area contributed by atoms with Crippen molar-refractivity contribution in [1.29, 1.82) is 0 Å². The van der Waals surface area contributed by atoms with Gasteiger partial charge in [0.05, 0.1) is 5.69 Å². The zero-order valence-corrected chi connectivity index (χ0v) is 14.0. The van der Waals surface area contributed by atoms with Gasteiger partial charge < -0.3 is 15.2 Å². The van der Waals surface area contributed by atoms with Gasteiger partial charge in [-0.05, 0) is 58.2 Å². The zero-order valence-electron chi connectivity index (χ0n) is 14.0. The summed E-state index contributed by atoms with van der Waals surface area (Å²) < 4.78 is 5.47. The molecule has 126 valence electrons. The number of carboxylic acid groups (broad SMARTS) is 1. The minimum absolute atomic E-state index is 0.373. The van der Waals surface area contributed by atoms with Crippen molar-refractivity contribution in [1.82, 2.24) is 0 Å². The second-order valence-corrected chi connectivity index (χ2v) is 6.78. The van der Waals surface area contributed by atoms with Gasteiger partial charge in [-0.2, -0.15) is 0 Å². The van der Waals surface area contributed by atoms with E-state index in [0.717, 1.165) is 24.1 Å². The first-order valence-electron chi connectivity index (χ1n) is 7.80. The minimum atomic E-state index is -0.924. The summed E-state index contributed by atoms with van der Waals surface area (Å²) in [5.41, 5.74) is 1.97. The highest BCUT2D eigenvalue weighted by atomic mass is 16.6. The van der Waals surface area contributed by atoms with Gasteiger partial charge in [0.1, 0.15) is 11.6 Å². The summed E-state index contributed by atoms with van der Waals surface area (Å²) in [7, 11) is 0. The molecule has 0 saturated heterocycles. The number of fused-ring (bicyclic) bond motifs is 1. The molecule has 23 heavy (non-hydrogen) atoms. The van der Waals surface area contributed by atoms with Crippen molar-refractivity contribution in [3.05, 3.63) is 23.8 Å². The number of rotatable bonds is 3. The number of ether oxygens (including phenoxy) is 1. The lowest BCUT2D eigenvalue weighted by atomic mass is 10.0. The summed E-state index contributed by atoms with van der Waals surface area (Å²) in [6, 6.07) is 4.89. The van der Waals surface area contributed by atoms with Crippen LogP contribution in [0.5, 0.6) is 0 Å². The van der Waals surface area contributed by atoms with E-state index in [4.69, 9.17) is 9.84 Å². The van der Waals surface area contributed by atoms with Crippen molar-refractivity contribution < 1.29 is 19.4 Å². The summed E-state index contributed by atoms with van der Waals surface area (Å²) in [4.78, 5) is 25.0. The Bertz CT molecular complexity index is 607. The van der Waals surface area contributed by atoms with Crippen LogP contribution >= 0.6 is 0 Å². The lowest BCUT2D eigenvalue weighted by Gasteiger charge is -2.32. The fourth-order valence-corrected chi connectivity index (χ4v) is 2.48. The van der Waals surface area contributed by atoms with Gasteiger partial charge in [-0.3, -0.25) is 9.69 Å². The molecule has 0 aromatic heterocycles. The number of nitrogens with one attached hydrogen (secondary N) is 1. The first-order valence-corrected chi connectivity index (χ1v) is 7.80. The van der Waals surface area contributed by atoms with E-state index in [0.29, 0.717) is 12.2 Å². The molecule has 1 unspecified atom stereocenters. The monoisotopic (exact) mass is 320 g/mol. The molecule has 6 heteroatoms. The third-order valence-corrected chi connectivity index (χ3v) is 3.57. The number of nitrogens with zero attached hydrogens (tertiary/aromatic N) is 1. The molecule has 1 atom stereocenters. The van der Waals surface area contributed by atoms with Crippen LogP contribution in [-0.2, 0) is 16.0 Å². The maximum absolute atomic E-state index is 12.4. The van der Waals surface area contributed by atoms with Crippen molar-refractivity contribution >= 4 is 23.4 Å². The molecule has 1 amide bonds. The normalized spacial score (nSPS) is 15.6. The summed E-state index contributed by atoms with van der Waals surface area (Å²) in [6.45, 7) is 7.68. The van der Waals surface area contributed by atoms with Crippen LogP contribution in [0.4, 0.5) is 16.2 Å². The first-order chi connectivity index (χ1) is 10.7. The van der Waals surface area contributed by atoms with Gasteiger partial charge in [0, 0.05) is 12.2 Å². The second kappa shape index (κ2) is 6.48. The topological polar surface area (TPSA) is 78.9 Å². The van der Waals surface area contributed by atoms with E-state index in [1.54, 1.807) is 11.8 Å². The van der Waals surface area contributed by atoms with E-state index in [2.05, 4.69) is 5.32 Å². The molecule has 0 radical (unpaired) electrons. The van der Waals surface area contributed by atoms with E-state index < -0.39 is 17.6 Å². The predicted octanol–water partition coefficient (Wildman–Crippen LogP) is 3.26. The van der Waals surface area contributed by atoms with Crippen molar-refractivity contribution in [2.75, 3.05) is 16.8 Å². The van der Waals surface area contributed by atoms with E-state index in [9.17, 15) is 9.59 Å². The average molecular weight is 320 g/mol. The van der Waals surface area contributed by atoms with Gasteiger partial charge in [-0.15, -0.1) is 0 Å². The van der Waals surface area contributed by atoms with Crippen LogP contribution in [0.15, 0.2) is 18.2 Å². The molecule has 1 aromatic carbocycles. The Kier molecular flexibility index (Phi) is 4.82. The number of carbonyl (C=O) groups excluding carboxylic acids is 1. The number of aliphatic carboxylic acids is 1. The number of hydrogen-bond donors (Lipinski definition) is 2. The number of aryl methyl sites for hydroxylation is 1. The summed E-state index contributed by atoms with van der Waals surface area (Å²) in [5, 5.41) is 11.9. The third kappa shape index (κ3) is 4.37. The van der Waals surface area contributed by atoms with Gasteiger partial charge in [-0.25, -0.2) is 4.79 Å². The Morgan fingerprint density at radius 1 is 1.35 bits per heavy atom. The average Bonchev–Trinajstić information content (AvgIpc) is 2.44. The van der Waals surface area contributed by atoms with E-state index >= 15 is 0 Å². The van der Waals surface area contributed by atoms with Crippen LogP contribution in [0, 0.1) is 0 Å². The number of carboxylic acids is 1. The van der Waals surface area contributed by atoms with Crippen molar-refractivity contribution in [3.63, 3.8) is 0 Å². The molecule has 0 fully saturated rings. The first kappa shape index (κ1) is 17.1. The second-order valence-electron chi connectivity index (χ2n) is 6.78. The standard InChI is InChI=1S/C17H24N2O4/c1-11(15(20)21)18-13-8-7-12-6-5-9-19(14(12)10-13)16(22)23-17(2,3)4/h7-8,10-11,18H,5-6,9H2,1-4H3,(H,20,21). The van der Waals surface area contributed by atoms with Gasteiger partial charge in [-0.1, -0.05) is 6.07 Å². The van der Waals surface area contributed by atoms with Gasteiger partial charge in [0.25, 0.3) is 0 Å². The van der Waals surface area contributed by atoms with Crippen LogP contribution in [0.1, 0.15) is 39.7 Å². The Morgan fingerprint density at radius 3 is 2.65 bits per heavy atom. The Morgan fingerprint density at radius 2 is 2.04 bits per heavy atom. The number of hydrogen-bond acceptors (Lipinski definition) is 4. The van der Waals surface area contributed by atoms with Crippen molar-refractivity contribution in [2.24, 2.45) is 0 Å². The molecular formula is C17H24N2O4. The van der Waals surface area contributed by atoms with Gasteiger partial charge >= 0.3 is 12.1 Å². The lowest BCUT2D eigenvalue weighted by Crippen LogP contribution is -2.39. The number of anilines is 2. The molecule has 0 aliphatic carbocycles. The quantitative estimate of drug-likeness (QED) is 0.893. The van der Waals surface area contributed by atoms with Gasteiger partial charge in [0.2, 0.25) is 0 Å². The summed E-state index contributed by atoms with van der Waals surface area (Å²) in [6.07, 6.45) is 1.40. The fraction of sp³-hybridized carbons (Fsp3) is 0.529. The smallest absolute Gasteiger partial charge is 0.414 e. The molecule has 0 spiro atoms. The molecular weight excluding hydrogens is 296 g/mol. The fourth-order valence-electron chi connectivity index (χ4n) is 2.48. The SMILES string of the molecule is CC(Nc1ccc2c(c1)N(C(=O)OC(C)(C)C)CCC2)C(=O)O. The van der Waals surface area contributed by atoms with Crippen molar-refractivity contribution in [2.45, 2.75) is 52.2 Å². The number of carbonyl (C=O) groups is 2. The summed E-state index contributed by atoms with van der Waals surface area (Å²) >= 11 is 0.